The van der Waals surface area contributed by atoms with Gasteiger partial charge in [0, 0.05) is 31.2 Å². The third-order valence-corrected chi connectivity index (χ3v) is 2.74. The van der Waals surface area contributed by atoms with E-state index in [0.29, 0.717) is 0 Å². The maximum absolute atomic E-state index is 3.43. The number of nitrogens with one attached hydrogen (secondary N) is 1. The van der Waals surface area contributed by atoms with Crippen LogP contribution in [-0.4, -0.2) is 36.1 Å². The van der Waals surface area contributed by atoms with Crippen LogP contribution in [0, 0.1) is 0 Å². The van der Waals surface area contributed by atoms with Crippen molar-refractivity contribution >= 4 is 0 Å². The molecule has 0 amide bonds. The van der Waals surface area contributed by atoms with E-state index in [1.807, 2.05) is 0 Å². The van der Waals surface area contributed by atoms with Gasteiger partial charge in [0.25, 0.3) is 0 Å². The summed E-state index contributed by atoms with van der Waals surface area (Å²) in [6, 6.07) is 2.48. The van der Waals surface area contributed by atoms with Crippen LogP contribution >= 0.6 is 0 Å². The minimum absolute atomic E-state index is 0.755. The zero-order valence-electron chi connectivity index (χ0n) is 6.80. The second kappa shape index (κ2) is 2.21. The van der Waals surface area contributed by atoms with Crippen molar-refractivity contribution in [2.24, 2.45) is 0 Å². The number of nitrogens with zero attached hydrogens (tertiary/aromatic N) is 1. The Morgan fingerprint density at radius 2 is 1.90 bits per heavy atom. The summed E-state index contributed by atoms with van der Waals surface area (Å²) in [5, 5.41) is 3.43. The van der Waals surface area contributed by atoms with Crippen LogP contribution in [0.5, 0.6) is 0 Å². The summed E-state index contributed by atoms with van der Waals surface area (Å²) in [6.07, 6.45) is 1.44. The fourth-order valence-corrected chi connectivity index (χ4v) is 2.35. The number of hydrogen-bond acceptors (Lipinski definition) is 2. The van der Waals surface area contributed by atoms with Gasteiger partial charge in [-0.2, -0.15) is 0 Å². The minimum atomic E-state index is 0.755. The number of rotatable bonds is 1. The molecular formula is C8H16N2. The molecule has 0 radical (unpaired) electrons. The van der Waals surface area contributed by atoms with Crippen molar-refractivity contribution in [3.8, 4) is 0 Å². The largest absolute Gasteiger partial charge is 0.314 e. The highest BCUT2D eigenvalue weighted by Gasteiger charge is 2.42. The van der Waals surface area contributed by atoms with E-state index in [4.69, 9.17) is 0 Å². The molecule has 3 heterocycles. The fraction of sp³-hybridized carbons (Fsp3) is 1.00. The Morgan fingerprint density at radius 3 is 2.20 bits per heavy atom. The molecule has 2 atom stereocenters. The lowest BCUT2D eigenvalue weighted by Gasteiger charge is -2.55. The molecule has 0 unspecified atom stereocenters. The Balaban J connectivity index is 1.99. The highest BCUT2D eigenvalue weighted by atomic mass is 15.3. The molecule has 0 aliphatic carbocycles. The smallest absolute Gasteiger partial charge is 0.0242 e. The lowest BCUT2D eigenvalue weighted by atomic mass is 9.87. The van der Waals surface area contributed by atoms with E-state index in [-0.39, 0.29) is 0 Å². The third-order valence-electron chi connectivity index (χ3n) is 2.74. The first-order chi connectivity index (χ1) is 4.79. The van der Waals surface area contributed by atoms with Crippen LogP contribution < -0.4 is 5.32 Å². The van der Waals surface area contributed by atoms with E-state index < -0.39 is 0 Å². The van der Waals surface area contributed by atoms with Gasteiger partial charge in [-0.15, -0.1) is 0 Å². The monoisotopic (exact) mass is 140 g/mol. The molecular weight excluding hydrogens is 124 g/mol. The molecule has 3 aliphatic heterocycles. The molecule has 2 heteroatoms. The molecule has 0 aromatic heterocycles. The lowest BCUT2D eigenvalue weighted by Crippen LogP contribution is -2.69. The maximum atomic E-state index is 3.43. The van der Waals surface area contributed by atoms with Crippen LogP contribution in [0.15, 0.2) is 0 Å². The van der Waals surface area contributed by atoms with Crippen LogP contribution in [0.4, 0.5) is 0 Å². The van der Waals surface area contributed by atoms with E-state index >= 15 is 0 Å². The lowest BCUT2D eigenvalue weighted by molar-refractivity contribution is -0.0383. The maximum Gasteiger partial charge on any atom is 0.0242 e. The minimum Gasteiger partial charge on any atom is -0.314 e. The Labute approximate surface area is 62.6 Å². The predicted octanol–water partition coefficient (Wildman–Crippen LogP) is 0.441. The van der Waals surface area contributed by atoms with Gasteiger partial charge in [-0.05, 0) is 20.3 Å². The van der Waals surface area contributed by atoms with Gasteiger partial charge in [0.2, 0.25) is 0 Å². The zero-order chi connectivity index (χ0) is 7.14. The van der Waals surface area contributed by atoms with Gasteiger partial charge >= 0.3 is 0 Å². The average molecular weight is 140 g/mol. The fourth-order valence-electron chi connectivity index (χ4n) is 2.35. The quantitative estimate of drug-likeness (QED) is 0.568. The molecule has 3 fully saturated rings. The molecule has 0 saturated carbocycles. The first kappa shape index (κ1) is 6.62. The topological polar surface area (TPSA) is 15.3 Å². The SMILES string of the molecule is CC(C)N1[C@@H]2CNC[C@H]1C2. The van der Waals surface area contributed by atoms with E-state index in [2.05, 4.69) is 24.1 Å². The summed E-state index contributed by atoms with van der Waals surface area (Å²) in [5.74, 6) is 0. The normalized spacial score (nSPS) is 39.9. The highest BCUT2D eigenvalue weighted by Crippen LogP contribution is 2.30. The van der Waals surface area contributed by atoms with Gasteiger partial charge in [0.15, 0.2) is 0 Å². The Morgan fingerprint density at radius 1 is 1.30 bits per heavy atom. The van der Waals surface area contributed by atoms with Crippen molar-refractivity contribution in [2.75, 3.05) is 13.1 Å². The summed E-state index contributed by atoms with van der Waals surface area (Å²) < 4.78 is 0. The molecule has 2 bridgehead atoms. The van der Waals surface area contributed by atoms with Crippen LogP contribution in [0.2, 0.25) is 0 Å². The Hall–Kier alpha value is -0.0800. The molecule has 0 aromatic rings. The van der Waals surface area contributed by atoms with Crippen molar-refractivity contribution in [2.45, 2.75) is 38.4 Å². The van der Waals surface area contributed by atoms with Gasteiger partial charge in [0.1, 0.15) is 0 Å². The number of piperazine rings is 1. The Kier molecular flexibility index (Phi) is 1.46. The van der Waals surface area contributed by atoms with E-state index in [0.717, 1.165) is 18.1 Å². The van der Waals surface area contributed by atoms with Crippen LogP contribution in [0.1, 0.15) is 20.3 Å². The van der Waals surface area contributed by atoms with Gasteiger partial charge < -0.3 is 5.32 Å². The number of hydrogen-bond donors (Lipinski definition) is 1. The third kappa shape index (κ3) is 0.789. The van der Waals surface area contributed by atoms with Gasteiger partial charge in [-0.1, -0.05) is 0 Å². The van der Waals surface area contributed by atoms with E-state index in [9.17, 15) is 0 Å². The molecule has 3 rings (SSSR count). The molecule has 3 aliphatic rings. The van der Waals surface area contributed by atoms with Crippen molar-refractivity contribution in [3.63, 3.8) is 0 Å². The average Bonchev–Trinajstić information content (AvgIpc) is 1.87. The molecule has 10 heavy (non-hydrogen) atoms. The van der Waals surface area contributed by atoms with Crippen LogP contribution in [0.25, 0.3) is 0 Å². The van der Waals surface area contributed by atoms with Gasteiger partial charge in [-0.3, -0.25) is 4.90 Å². The molecule has 0 spiro atoms. The summed E-state index contributed by atoms with van der Waals surface area (Å²) in [5.41, 5.74) is 0. The molecule has 58 valence electrons. The first-order valence-electron chi connectivity index (χ1n) is 4.27. The predicted molar refractivity (Wildman–Crippen MR) is 42.0 cm³/mol. The first-order valence-corrected chi connectivity index (χ1v) is 4.27. The molecule has 0 aromatic carbocycles. The van der Waals surface area contributed by atoms with Crippen molar-refractivity contribution in [1.29, 1.82) is 0 Å². The summed E-state index contributed by atoms with van der Waals surface area (Å²) in [6.45, 7) is 7.03. The van der Waals surface area contributed by atoms with Gasteiger partial charge in [0.05, 0.1) is 0 Å². The second-order valence-electron chi connectivity index (χ2n) is 3.74. The van der Waals surface area contributed by atoms with E-state index in [1.54, 1.807) is 0 Å². The zero-order valence-corrected chi connectivity index (χ0v) is 6.80. The molecule has 1 N–H and O–H groups in total. The van der Waals surface area contributed by atoms with Crippen molar-refractivity contribution < 1.29 is 0 Å². The summed E-state index contributed by atoms with van der Waals surface area (Å²) in [4.78, 5) is 2.64. The summed E-state index contributed by atoms with van der Waals surface area (Å²) >= 11 is 0. The molecule has 3 saturated heterocycles. The number of piperidine rings is 1. The van der Waals surface area contributed by atoms with Crippen LogP contribution in [0.3, 0.4) is 0 Å². The van der Waals surface area contributed by atoms with Gasteiger partial charge in [-0.25, -0.2) is 0 Å². The highest BCUT2D eigenvalue weighted by molar-refractivity contribution is 5.00. The standard InChI is InChI=1S/C8H16N2/c1-6(2)10-7-3-8(10)5-9-4-7/h6-9H,3-5H2,1-2H3/t7-,8+. The van der Waals surface area contributed by atoms with Crippen LogP contribution in [-0.2, 0) is 0 Å². The Bertz CT molecular complexity index is 119. The number of fused-ring (bicyclic) bond motifs is 2. The van der Waals surface area contributed by atoms with E-state index in [1.165, 1.54) is 19.5 Å². The van der Waals surface area contributed by atoms with Crippen molar-refractivity contribution in [1.82, 2.24) is 10.2 Å². The second-order valence-corrected chi connectivity index (χ2v) is 3.74. The van der Waals surface area contributed by atoms with Crippen molar-refractivity contribution in [3.05, 3.63) is 0 Å². The molecule has 2 nitrogen and oxygen atoms in total. The summed E-state index contributed by atoms with van der Waals surface area (Å²) in [7, 11) is 0.